The number of carbonyl (C=O) groups excluding carboxylic acids is 2. The largest absolute Gasteiger partial charge is 0.508 e. The number of cyclic esters (lactones) is 4. The molecule has 0 saturated carbocycles. The topological polar surface area (TPSA) is 114 Å². The SMILES string of the molecule is O=C1OCC2(CO1)CC(C1COC(=O)O1)OS(=O)(=O)C2. The molecule has 0 aromatic rings. The summed E-state index contributed by atoms with van der Waals surface area (Å²) in [4.78, 5) is 21.8. The third-order valence-electron chi connectivity index (χ3n) is 3.41. The van der Waals surface area contributed by atoms with Crippen molar-refractivity contribution in [2.75, 3.05) is 25.6 Å². The quantitative estimate of drug-likeness (QED) is 0.479. The van der Waals surface area contributed by atoms with Crippen LogP contribution in [0, 0.1) is 5.41 Å². The van der Waals surface area contributed by atoms with Gasteiger partial charge in [0.25, 0.3) is 10.1 Å². The van der Waals surface area contributed by atoms with Crippen molar-refractivity contribution in [2.24, 2.45) is 5.41 Å². The van der Waals surface area contributed by atoms with E-state index in [0.717, 1.165) is 0 Å². The molecule has 0 radical (unpaired) electrons. The molecule has 2 unspecified atom stereocenters. The lowest BCUT2D eigenvalue weighted by molar-refractivity contribution is -0.0845. The van der Waals surface area contributed by atoms with E-state index in [1.807, 2.05) is 0 Å². The Bertz CT molecular complexity index is 529. The Morgan fingerprint density at radius 3 is 2.30 bits per heavy atom. The van der Waals surface area contributed by atoms with Crippen LogP contribution in [0.3, 0.4) is 0 Å². The molecule has 20 heavy (non-hydrogen) atoms. The minimum absolute atomic E-state index is 0.0737. The first kappa shape index (κ1) is 13.4. The van der Waals surface area contributed by atoms with Crippen LogP contribution in [0.5, 0.6) is 0 Å². The van der Waals surface area contributed by atoms with Crippen molar-refractivity contribution in [3.63, 3.8) is 0 Å². The summed E-state index contributed by atoms with van der Waals surface area (Å²) in [5.74, 6) is -0.314. The Morgan fingerprint density at radius 2 is 1.70 bits per heavy atom. The third-order valence-corrected chi connectivity index (χ3v) is 4.91. The Morgan fingerprint density at radius 1 is 1.00 bits per heavy atom. The van der Waals surface area contributed by atoms with Gasteiger partial charge in [0.2, 0.25) is 0 Å². The molecule has 3 heterocycles. The maximum atomic E-state index is 11.9. The maximum absolute atomic E-state index is 11.9. The Labute approximate surface area is 114 Å². The molecule has 3 aliphatic heterocycles. The highest BCUT2D eigenvalue weighted by atomic mass is 32.2. The molecule has 3 fully saturated rings. The fraction of sp³-hybridized carbons (Fsp3) is 0.800. The highest BCUT2D eigenvalue weighted by Crippen LogP contribution is 2.38. The molecule has 0 aromatic heterocycles. The summed E-state index contributed by atoms with van der Waals surface area (Å²) >= 11 is 0. The van der Waals surface area contributed by atoms with Crippen molar-refractivity contribution in [3.8, 4) is 0 Å². The van der Waals surface area contributed by atoms with E-state index in [-0.39, 0.29) is 32.0 Å². The lowest BCUT2D eigenvalue weighted by Crippen LogP contribution is -2.53. The third kappa shape index (κ3) is 2.52. The second kappa shape index (κ2) is 4.48. The molecular weight excluding hydrogens is 296 g/mol. The zero-order chi connectivity index (χ0) is 14.4. The van der Waals surface area contributed by atoms with Crippen LogP contribution in [0.25, 0.3) is 0 Å². The summed E-state index contributed by atoms with van der Waals surface area (Å²) < 4.78 is 47.7. The normalized spacial score (nSPS) is 34.8. The molecule has 0 aromatic carbocycles. The van der Waals surface area contributed by atoms with Gasteiger partial charge in [-0.25, -0.2) is 9.59 Å². The molecule has 2 atom stereocenters. The molecule has 3 saturated heterocycles. The van der Waals surface area contributed by atoms with E-state index in [1.165, 1.54) is 0 Å². The smallest absolute Gasteiger partial charge is 0.434 e. The van der Waals surface area contributed by atoms with Crippen molar-refractivity contribution in [2.45, 2.75) is 18.6 Å². The van der Waals surface area contributed by atoms with Gasteiger partial charge in [0.15, 0.2) is 6.10 Å². The monoisotopic (exact) mass is 308 g/mol. The Hall–Kier alpha value is -1.55. The van der Waals surface area contributed by atoms with Crippen molar-refractivity contribution < 1.29 is 41.1 Å². The van der Waals surface area contributed by atoms with Gasteiger partial charge < -0.3 is 18.9 Å². The first-order valence-corrected chi connectivity index (χ1v) is 7.49. The molecule has 112 valence electrons. The van der Waals surface area contributed by atoms with Crippen LogP contribution in [0.1, 0.15) is 6.42 Å². The highest BCUT2D eigenvalue weighted by Gasteiger charge is 2.52. The van der Waals surface area contributed by atoms with Gasteiger partial charge in [0.1, 0.15) is 25.9 Å². The minimum Gasteiger partial charge on any atom is -0.434 e. The van der Waals surface area contributed by atoms with E-state index in [4.69, 9.17) is 18.4 Å². The standard InChI is InChI=1S/C10H12O9S/c11-8-16-3-10(4-17-8)1-6(19-20(13,14)5-10)7-2-15-9(12)18-7/h6-7H,1-5H2. The van der Waals surface area contributed by atoms with Gasteiger partial charge in [-0.15, -0.1) is 0 Å². The van der Waals surface area contributed by atoms with Gasteiger partial charge >= 0.3 is 12.3 Å². The van der Waals surface area contributed by atoms with Crippen LogP contribution in [0.15, 0.2) is 0 Å². The van der Waals surface area contributed by atoms with Crippen LogP contribution in [-0.4, -0.2) is 58.5 Å². The van der Waals surface area contributed by atoms with E-state index >= 15 is 0 Å². The van der Waals surface area contributed by atoms with Crippen LogP contribution >= 0.6 is 0 Å². The number of carbonyl (C=O) groups is 2. The first-order chi connectivity index (χ1) is 9.38. The minimum atomic E-state index is -3.83. The van der Waals surface area contributed by atoms with Crippen molar-refractivity contribution in [3.05, 3.63) is 0 Å². The van der Waals surface area contributed by atoms with Gasteiger partial charge in [0.05, 0.1) is 11.2 Å². The molecule has 3 rings (SSSR count). The van der Waals surface area contributed by atoms with Gasteiger partial charge in [-0.3, -0.25) is 4.18 Å². The summed E-state index contributed by atoms with van der Waals surface area (Å²) in [5.41, 5.74) is -0.884. The second-order valence-corrected chi connectivity index (χ2v) is 6.68. The van der Waals surface area contributed by atoms with Crippen LogP contribution < -0.4 is 0 Å². The summed E-state index contributed by atoms with van der Waals surface area (Å²) in [6.07, 6.45) is -3.14. The molecule has 0 bridgehead atoms. The summed E-state index contributed by atoms with van der Waals surface area (Å²) in [6.45, 7) is -0.228. The molecule has 1 spiro atoms. The maximum Gasteiger partial charge on any atom is 0.508 e. The lowest BCUT2D eigenvalue weighted by Gasteiger charge is -2.41. The molecule has 3 aliphatic rings. The Balaban J connectivity index is 1.79. The van der Waals surface area contributed by atoms with Crippen LogP contribution in [0.4, 0.5) is 9.59 Å². The number of hydrogen-bond donors (Lipinski definition) is 0. The lowest BCUT2D eigenvalue weighted by atomic mass is 9.84. The second-order valence-electron chi connectivity index (χ2n) is 5.09. The van der Waals surface area contributed by atoms with Crippen molar-refractivity contribution >= 4 is 22.4 Å². The average molecular weight is 308 g/mol. The Kier molecular flexibility index (Phi) is 3.01. The summed E-state index contributed by atoms with van der Waals surface area (Å²) in [5, 5.41) is 0. The first-order valence-electron chi connectivity index (χ1n) is 5.91. The highest BCUT2D eigenvalue weighted by molar-refractivity contribution is 7.86. The molecule has 0 N–H and O–H groups in total. The molecule has 0 amide bonds. The number of rotatable bonds is 1. The average Bonchev–Trinajstić information content (AvgIpc) is 2.78. The van der Waals surface area contributed by atoms with E-state index in [1.54, 1.807) is 0 Å². The van der Waals surface area contributed by atoms with Gasteiger partial charge in [-0.1, -0.05) is 0 Å². The fourth-order valence-corrected chi connectivity index (χ4v) is 4.22. The predicted molar refractivity (Wildman–Crippen MR) is 59.2 cm³/mol. The van der Waals surface area contributed by atoms with E-state index in [2.05, 4.69) is 4.74 Å². The number of ether oxygens (including phenoxy) is 4. The molecular formula is C10H12O9S. The van der Waals surface area contributed by atoms with E-state index in [9.17, 15) is 18.0 Å². The summed E-state index contributed by atoms with van der Waals surface area (Å²) in [7, 11) is -3.83. The van der Waals surface area contributed by atoms with E-state index < -0.39 is 40.1 Å². The zero-order valence-corrected chi connectivity index (χ0v) is 11.1. The van der Waals surface area contributed by atoms with Gasteiger partial charge in [0, 0.05) is 0 Å². The molecule has 0 aliphatic carbocycles. The van der Waals surface area contributed by atoms with Crippen molar-refractivity contribution in [1.29, 1.82) is 0 Å². The molecule has 10 heteroatoms. The van der Waals surface area contributed by atoms with E-state index in [0.29, 0.717) is 0 Å². The molecule has 9 nitrogen and oxygen atoms in total. The fourth-order valence-electron chi connectivity index (χ4n) is 2.54. The van der Waals surface area contributed by atoms with Gasteiger partial charge in [-0.05, 0) is 6.42 Å². The summed E-state index contributed by atoms with van der Waals surface area (Å²) in [6, 6.07) is 0. The number of hydrogen-bond acceptors (Lipinski definition) is 9. The van der Waals surface area contributed by atoms with Gasteiger partial charge in [-0.2, -0.15) is 8.42 Å². The van der Waals surface area contributed by atoms with Crippen molar-refractivity contribution in [1.82, 2.24) is 0 Å². The van der Waals surface area contributed by atoms with Crippen LogP contribution in [0.2, 0.25) is 0 Å². The zero-order valence-electron chi connectivity index (χ0n) is 10.3. The van der Waals surface area contributed by atoms with Crippen LogP contribution in [-0.2, 0) is 33.2 Å². The predicted octanol–water partition coefficient (Wildman–Crippen LogP) is -0.206.